The summed E-state index contributed by atoms with van der Waals surface area (Å²) < 4.78 is 33.1. The fourth-order valence-electron chi connectivity index (χ4n) is 2.35. The first-order valence-corrected chi connectivity index (χ1v) is 8.72. The standard InChI is InChI=1S/C16H18N2O5S/c1-4-12-7-5-6-11(2)16(12)17-24(21,22)15-10-13(18(19)20)8-9-14(15)23-3/h5-10,17H,4H2,1-3H3. The zero-order valence-corrected chi connectivity index (χ0v) is 14.4. The van der Waals surface area contributed by atoms with Gasteiger partial charge in [0.15, 0.2) is 0 Å². The summed E-state index contributed by atoms with van der Waals surface area (Å²) in [7, 11) is -2.74. The Morgan fingerprint density at radius 1 is 1.25 bits per heavy atom. The number of ether oxygens (including phenoxy) is 1. The van der Waals surface area contributed by atoms with Gasteiger partial charge in [-0.05, 0) is 30.5 Å². The van der Waals surface area contributed by atoms with Crippen LogP contribution in [-0.4, -0.2) is 20.5 Å². The Morgan fingerprint density at radius 3 is 2.54 bits per heavy atom. The third-order valence-electron chi connectivity index (χ3n) is 3.62. The summed E-state index contributed by atoms with van der Waals surface area (Å²) in [6, 6.07) is 8.93. The number of anilines is 1. The van der Waals surface area contributed by atoms with Crippen LogP contribution in [-0.2, 0) is 16.4 Å². The maximum atomic E-state index is 12.8. The summed E-state index contributed by atoms with van der Waals surface area (Å²) >= 11 is 0. The van der Waals surface area contributed by atoms with E-state index in [-0.39, 0.29) is 16.3 Å². The van der Waals surface area contributed by atoms with Crippen LogP contribution in [0.25, 0.3) is 0 Å². The highest BCUT2D eigenvalue weighted by Gasteiger charge is 2.24. The van der Waals surface area contributed by atoms with E-state index in [2.05, 4.69) is 4.72 Å². The van der Waals surface area contributed by atoms with Gasteiger partial charge in [0, 0.05) is 12.1 Å². The van der Waals surface area contributed by atoms with Crippen molar-refractivity contribution in [3.8, 4) is 5.75 Å². The van der Waals surface area contributed by atoms with Gasteiger partial charge in [0.2, 0.25) is 0 Å². The molecule has 0 aromatic heterocycles. The molecule has 2 aromatic carbocycles. The van der Waals surface area contributed by atoms with Crippen molar-refractivity contribution in [3.63, 3.8) is 0 Å². The number of hydrogen-bond acceptors (Lipinski definition) is 5. The van der Waals surface area contributed by atoms with Gasteiger partial charge < -0.3 is 4.74 Å². The van der Waals surface area contributed by atoms with Crippen molar-refractivity contribution in [1.82, 2.24) is 0 Å². The minimum atomic E-state index is -4.05. The van der Waals surface area contributed by atoms with E-state index in [4.69, 9.17) is 4.74 Å². The van der Waals surface area contributed by atoms with Gasteiger partial charge in [0.1, 0.15) is 10.6 Å². The topological polar surface area (TPSA) is 98.5 Å². The second-order valence-electron chi connectivity index (χ2n) is 5.16. The molecule has 0 aliphatic heterocycles. The average Bonchev–Trinajstić information content (AvgIpc) is 2.55. The van der Waals surface area contributed by atoms with E-state index >= 15 is 0 Å². The second-order valence-corrected chi connectivity index (χ2v) is 6.81. The highest BCUT2D eigenvalue weighted by Crippen LogP contribution is 2.31. The molecule has 0 radical (unpaired) electrons. The lowest BCUT2D eigenvalue weighted by Crippen LogP contribution is -2.16. The molecule has 8 heteroatoms. The minimum absolute atomic E-state index is 0.0414. The first-order valence-electron chi connectivity index (χ1n) is 7.24. The van der Waals surface area contributed by atoms with Crippen molar-refractivity contribution in [2.45, 2.75) is 25.2 Å². The lowest BCUT2D eigenvalue weighted by Gasteiger charge is -2.15. The number of methoxy groups -OCH3 is 1. The van der Waals surface area contributed by atoms with Crippen LogP contribution in [0.15, 0.2) is 41.3 Å². The van der Waals surface area contributed by atoms with Crippen LogP contribution in [0.3, 0.4) is 0 Å². The van der Waals surface area contributed by atoms with Crippen molar-refractivity contribution in [2.24, 2.45) is 0 Å². The Hall–Kier alpha value is -2.61. The zero-order valence-electron chi connectivity index (χ0n) is 13.6. The summed E-state index contributed by atoms with van der Waals surface area (Å²) in [5.74, 6) is 0.0414. The number of nitro groups is 1. The van der Waals surface area contributed by atoms with Gasteiger partial charge >= 0.3 is 0 Å². The molecule has 2 rings (SSSR count). The predicted molar refractivity (Wildman–Crippen MR) is 91.0 cm³/mol. The van der Waals surface area contributed by atoms with Crippen molar-refractivity contribution in [1.29, 1.82) is 0 Å². The Labute approximate surface area is 140 Å². The fourth-order valence-corrected chi connectivity index (χ4v) is 3.71. The molecule has 24 heavy (non-hydrogen) atoms. The average molecular weight is 350 g/mol. The van der Waals surface area contributed by atoms with E-state index < -0.39 is 14.9 Å². The van der Waals surface area contributed by atoms with Gasteiger partial charge in [0.05, 0.1) is 17.7 Å². The highest BCUT2D eigenvalue weighted by molar-refractivity contribution is 7.92. The van der Waals surface area contributed by atoms with Crippen molar-refractivity contribution >= 4 is 21.4 Å². The molecule has 0 unspecified atom stereocenters. The molecule has 0 heterocycles. The molecule has 0 atom stereocenters. The van der Waals surface area contributed by atoms with E-state index in [1.165, 1.54) is 19.2 Å². The maximum Gasteiger partial charge on any atom is 0.271 e. The minimum Gasteiger partial charge on any atom is -0.495 e. The summed E-state index contributed by atoms with van der Waals surface area (Å²) in [6.45, 7) is 3.71. The third-order valence-corrected chi connectivity index (χ3v) is 4.99. The molecule has 2 aromatic rings. The predicted octanol–water partition coefficient (Wildman–Crippen LogP) is 3.28. The second kappa shape index (κ2) is 6.88. The lowest BCUT2D eigenvalue weighted by molar-refractivity contribution is -0.385. The molecule has 0 bridgehead atoms. The van der Waals surface area contributed by atoms with Crippen LogP contribution in [0.2, 0.25) is 0 Å². The molecule has 128 valence electrons. The molecule has 0 amide bonds. The van der Waals surface area contributed by atoms with Crippen LogP contribution >= 0.6 is 0 Å². The number of benzene rings is 2. The quantitative estimate of drug-likeness (QED) is 0.637. The molecule has 0 aliphatic rings. The summed E-state index contributed by atoms with van der Waals surface area (Å²) in [5.41, 5.74) is 1.76. The van der Waals surface area contributed by atoms with Crippen LogP contribution in [0.5, 0.6) is 5.75 Å². The molecule has 0 fully saturated rings. The first kappa shape index (κ1) is 17.7. The number of rotatable bonds is 6. The number of nitro benzene ring substituents is 1. The molecule has 1 N–H and O–H groups in total. The van der Waals surface area contributed by atoms with E-state index in [0.29, 0.717) is 12.1 Å². The summed E-state index contributed by atoms with van der Waals surface area (Å²) in [6.07, 6.45) is 0.644. The summed E-state index contributed by atoms with van der Waals surface area (Å²) in [4.78, 5) is 10.0. The molecule has 0 aliphatic carbocycles. The monoisotopic (exact) mass is 350 g/mol. The highest BCUT2D eigenvalue weighted by atomic mass is 32.2. The van der Waals surface area contributed by atoms with E-state index in [0.717, 1.165) is 17.2 Å². The van der Waals surface area contributed by atoms with Crippen molar-refractivity contribution in [2.75, 3.05) is 11.8 Å². The van der Waals surface area contributed by atoms with Crippen LogP contribution in [0, 0.1) is 17.0 Å². The van der Waals surface area contributed by atoms with Gasteiger partial charge in [-0.1, -0.05) is 25.1 Å². The lowest BCUT2D eigenvalue weighted by atomic mass is 10.1. The molecule has 0 saturated heterocycles. The van der Waals surface area contributed by atoms with Crippen molar-refractivity contribution < 1.29 is 18.1 Å². The Kier molecular flexibility index (Phi) is 5.08. The van der Waals surface area contributed by atoms with Gasteiger partial charge in [-0.25, -0.2) is 8.42 Å². The van der Waals surface area contributed by atoms with Gasteiger partial charge in [-0.15, -0.1) is 0 Å². The summed E-state index contributed by atoms with van der Waals surface area (Å²) in [5, 5.41) is 10.9. The van der Waals surface area contributed by atoms with Crippen LogP contribution < -0.4 is 9.46 Å². The first-order chi connectivity index (χ1) is 11.3. The third kappa shape index (κ3) is 3.48. The molecular formula is C16H18N2O5S. The largest absolute Gasteiger partial charge is 0.495 e. The molecule has 0 spiro atoms. The Morgan fingerprint density at radius 2 is 1.96 bits per heavy atom. The fraction of sp³-hybridized carbons (Fsp3) is 0.250. The normalized spacial score (nSPS) is 11.1. The number of nitrogens with one attached hydrogen (secondary N) is 1. The molecule has 7 nitrogen and oxygen atoms in total. The Bertz CT molecular complexity index is 878. The van der Waals surface area contributed by atoms with Crippen molar-refractivity contribution in [3.05, 3.63) is 57.6 Å². The smallest absolute Gasteiger partial charge is 0.271 e. The number of aryl methyl sites for hydroxylation is 2. The van der Waals surface area contributed by atoms with E-state index in [1.54, 1.807) is 13.0 Å². The van der Waals surface area contributed by atoms with Crippen LogP contribution in [0.4, 0.5) is 11.4 Å². The Balaban J connectivity index is 2.56. The van der Waals surface area contributed by atoms with E-state index in [9.17, 15) is 18.5 Å². The number of non-ortho nitro benzene ring substituents is 1. The number of hydrogen-bond donors (Lipinski definition) is 1. The SMILES string of the molecule is CCc1cccc(C)c1NS(=O)(=O)c1cc([N+](=O)[O-])ccc1OC. The zero-order chi connectivity index (χ0) is 17.9. The van der Waals surface area contributed by atoms with Gasteiger partial charge in [-0.2, -0.15) is 0 Å². The van der Waals surface area contributed by atoms with Crippen LogP contribution in [0.1, 0.15) is 18.1 Å². The number of nitrogens with zero attached hydrogens (tertiary/aromatic N) is 1. The maximum absolute atomic E-state index is 12.8. The van der Waals surface area contributed by atoms with Gasteiger partial charge in [0.25, 0.3) is 15.7 Å². The molecule has 0 saturated carbocycles. The van der Waals surface area contributed by atoms with E-state index in [1.807, 2.05) is 19.1 Å². The van der Waals surface area contributed by atoms with Gasteiger partial charge in [-0.3, -0.25) is 14.8 Å². The number of para-hydroxylation sites is 1. The number of sulfonamides is 1. The molecular weight excluding hydrogens is 332 g/mol.